The van der Waals surface area contributed by atoms with E-state index in [1.165, 1.54) is 12.1 Å². The Morgan fingerprint density at radius 2 is 2.28 bits per heavy atom. The van der Waals surface area contributed by atoms with Crippen LogP contribution in [-0.4, -0.2) is 27.2 Å². The van der Waals surface area contributed by atoms with E-state index in [4.69, 9.17) is 5.73 Å². The first kappa shape index (κ1) is 14.2. The molecule has 0 spiro atoms. The van der Waals surface area contributed by atoms with Crippen LogP contribution in [0.3, 0.4) is 0 Å². The molecule has 1 atom stereocenters. The number of nitrogens with two attached hydrogens (primary N) is 1. The molecule has 7 nitrogen and oxygen atoms in total. The maximum Gasteiger partial charge on any atom is 0.311 e. The Morgan fingerprint density at radius 3 is 2.78 bits per heavy atom. The van der Waals surface area contributed by atoms with Crippen molar-refractivity contribution in [3.63, 3.8) is 0 Å². The second kappa shape index (κ2) is 5.63. The molecule has 0 amide bonds. The summed E-state index contributed by atoms with van der Waals surface area (Å²) in [4.78, 5) is 13.8. The smallest absolute Gasteiger partial charge is 0.311 e. The van der Waals surface area contributed by atoms with E-state index >= 15 is 0 Å². The maximum atomic E-state index is 10.6. The molecule has 0 fully saturated rings. The molecule has 0 aliphatic heterocycles. The van der Waals surface area contributed by atoms with Crippen LogP contribution in [-0.2, 0) is 0 Å². The van der Waals surface area contributed by atoms with Crippen LogP contribution in [0.1, 0.15) is 26.7 Å². The van der Waals surface area contributed by atoms with Gasteiger partial charge in [0.1, 0.15) is 5.82 Å². The molecule has 0 radical (unpaired) electrons. The maximum absolute atomic E-state index is 10.6. The van der Waals surface area contributed by atoms with Crippen LogP contribution < -0.4 is 11.1 Å². The lowest BCUT2D eigenvalue weighted by Gasteiger charge is -2.23. The number of rotatable bonds is 6. The average molecular weight is 254 g/mol. The minimum absolute atomic E-state index is 0.139. The van der Waals surface area contributed by atoms with Gasteiger partial charge in [-0.25, -0.2) is 4.98 Å². The van der Waals surface area contributed by atoms with Crippen molar-refractivity contribution in [2.75, 3.05) is 17.6 Å². The van der Waals surface area contributed by atoms with Gasteiger partial charge >= 0.3 is 5.69 Å². The second-order valence-corrected chi connectivity index (χ2v) is 4.46. The van der Waals surface area contributed by atoms with E-state index in [-0.39, 0.29) is 11.5 Å². The third-order valence-electron chi connectivity index (χ3n) is 2.54. The zero-order chi connectivity index (χ0) is 13.8. The lowest BCUT2D eigenvalue weighted by atomic mass is 10.0. The molecule has 4 N–H and O–H groups in total. The number of nitrogen functional groups attached to an aromatic ring is 1. The molecule has 0 saturated carbocycles. The Hall–Kier alpha value is -1.89. The summed E-state index contributed by atoms with van der Waals surface area (Å²) in [5.41, 5.74) is 4.40. The Balaban J connectivity index is 2.70. The van der Waals surface area contributed by atoms with Gasteiger partial charge in [0.15, 0.2) is 0 Å². The number of nitro groups is 1. The summed E-state index contributed by atoms with van der Waals surface area (Å²) in [5, 5.41) is 23.4. The Labute approximate surface area is 105 Å². The first-order valence-corrected chi connectivity index (χ1v) is 5.73. The molecule has 1 rings (SSSR count). The summed E-state index contributed by atoms with van der Waals surface area (Å²) >= 11 is 0. The first-order chi connectivity index (χ1) is 8.35. The minimum Gasteiger partial charge on any atom is -0.388 e. The Morgan fingerprint density at radius 1 is 1.61 bits per heavy atom. The van der Waals surface area contributed by atoms with Gasteiger partial charge in [0.2, 0.25) is 5.82 Å². The van der Waals surface area contributed by atoms with Gasteiger partial charge < -0.3 is 16.2 Å². The summed E-state index contributed by atoms with van der Waals surface area (Å²) < 4.78 is 0. The molecular formula is C11H18N4O3. The van der Waals surface area contributed by atoms with E-state index in [0.717, 1.165) is 6.42 Å². The van der Waals surface area contributed by atoms with Crippen molar-refractivity contribution in [2.45, 2.75) is 32.3 Å². The normalized spacial score (nSPS) is 13.9. The van der Waals surface area contributed by atoms with Crippen molar-refractivity contribution in [3.8, 4) is 0 Å². The van der Waals surface area contributed by atoms with Gasteiger partial charge in [-0.2, -0.15) is 0 Å². The lowest BCUT2D eigenvalue weighted by molar-refractivity contribution is -0.384. The molecule has 1 heterocycles. The van der Waals surface area contributed by atoms with Crippen LogP contribution in [0.5, 0.6) is 0 Å². The number of hydrogen-bond donors (Lipinski definition) is 3. The van der Waals surface area contributed by atoms with Gasteiger partial charge in [0.25, 0.3) is 0 Å². The van der Waals surface area contributed by atoms with Crippen molar-refractivity contribution < 1.29 is 10.0 Å². The molecular weight excluding hydrogens is 236 g/mol. The third-order valence-corrected chi connectivity index (χ3v) is 2.54. The number of aromatic nitrogens is 1. The van der Waals surface area contributed by atoms with Crippen molar-refractivity contribution in [1.82, 2.24) is 4.98 Å². The molecule has 1 aromatic heterocycles. The monoisotopic (exact) mass is 254 g/mol. The highest BCUT2D eigenvalue weighted by molar-refractivity contribution is 5.57. The number of aliphatic hydroxyl groups is 1. The van der Waals surface area contributed by atoms with E-state index in [0.29, 0.717) is 18.8 Å². The molecule has 1 unspecified atom stereocenters. The molecule has 18 heavy (non-hydrogen) atoms. The largest absolute Gasteiger partial charge is 0.388 e. The van der Waals surface area contributed by atoms with Gasteiger partial charge in [-0.15, -0.1) is 0 Å². The fourth-order valence-electron chi connectivity index (χ4n) is 1.63. The van der Waals surface area contributed by atoms with Gasteiger partial charge in [-0.05, 0) is 19.4 Å². The number of nitrogens with one attached hydrogen (secondary N) is 1. The fourth-order valence-corrected chi connectivity index (χ4v) is 1.63. The number of pyridine rings is 1. The van der Waals surface area contributed by atoms with Crippen molar-refractivity contribution in [1.29, 1.82) is 0 Å². The van der Waals surface area contributed by atoms with Gasteiger partial charge in [0.05, 0.1) is 10.5 Å². The summed E-state index contributed by atoms with van der Waals surface area (Å²) in [7, 11) is 0. The van der Waals surface area contributed by atoms with E-state index in [1.807, 2.05) is 6.92 Å². The number of anilines is 2. The molecule has 0 bridgehead atoms. The zero-order valence-corrected chi connectivity index (χ0v) is 10.5. The van der Waals surface area contributed by atoms with Crippen LogP contribution in [0.4, 0.5) is 17.3 Å². The summed E-state index contributed by atoms with van der Waals surface area (Å²) in [6.45, 7) is 4.01. The molecule has 0 aromatic carbocycles. The van der Waals surface area contributed by atoms with Crippen LogP contribution in [0.2, 0.25) is 0 Å². The van der Waals surface area contributed by atoms with Gasteiger partial charge in [0, 0.05) is 12.6 Å². The van der Waals surface area contributed by atoms with E-state index < -0.39 is 10.5 Å². The van der Waals surface area contributed by atoms with Crippen LogP contribution in [0, 0.1) is 10.1 Å². The lowest BCUT2D eigenvalue weighted by Crippen LogP contribution is -2.33. The number of hydrogen-bond acceptors (Lipinski definition) is 6. The Bertz CT molecular complexity index is 434. The Kier molecular flexibility index (Phi) is 4.43. The van der Waals surface area contributed by atoms with Crippen LogP contribution in [0.25, 0.3) is 0 Å². The predicted molar refractivity (Wildman–Crippen MR) is 69.3 cm³/mol. The highest BCUT2D eigenvalue weighted by Crippen LogP contribution is 2.21. The first-order valence-electron chi connectivity index (χ1n) is 5.73. The topological polar surface area (TPSA) is 114 Å². The minimum atomic E-state index is -0.840. The third kappa shape index (κ3) is 3.85. The van der Waals surface area contributed by atoms with Gasteiger partial charge in [-0.3, -0.25) is 10.1 Å². The molecule has 7 heteroatoms. The molecule has 0 aliphatic carbocycles. The zero-order valence-electron chi connectivity index (χ0n) is 10.5. The van der Waals surface area contributed by atoms with E-state index in [1.54, 1.807) is 6.92 Å². The fraction of sp³-hybridized carbons (Fsp3) is 0.545. The summed E-state index contributed by atoms with van der Waals surface area (Å²) in [6, 6.07) is 2.76. The second-order valence-electron chi connectivity index (χ2n) is 4.46. The molecule has 0 aliphatic rings. The van der Waals surface area contributed by atoms with Crippen molar-refractivity contribution in [3.05, 3.63) is 22.2 Å². The molecule has 100 valence electrons. The number of nitrogens with zero attached hydrogens (tertiary/aromatic N) is 2. The van der Waals surface area contributed by atoms with E-state index in [9.17, 15) is 15.2 Å². The quantitative estimate of drug-likeness (QED) is 0.524. The highest BCUT2D eigenvalue weighted by atomic mass is 16.6. The van der Waals surface area contributed by atoms with Crippen molar-refractivity contribution in [2.24, 2.45) is 0 Å². The molecule has 0 saturated heterocycles. The van der Waals surface area contributed by atoms with Crippen molar-refractivity contribution >= 4 is 17.3 Å². The molecule has 1 aromatic rings. The van der Waals surface area contributed by atoms with Crippen LogP contribution >= 0.6 is 0 Å². The predicted octanol–water partition coefficient (Wildman–Crippen LogP) is 1.53. The summed E-state index contributed by atoms with van der Waals surface area (Å²) in [6.07, 6.45) is 1.52. The highest BCUT2D eigenvalue weighted by Gasteiger charge is 2.19. The SMILES string of the molecule is CCCC(C)(O)CNc1ccc([N+](=O)[O-])c(N)n1. The van der Waals surface area contributed by atoms with Gasteiger partial charge in [-0.1, -0.05) is 13.3 Å². The average Bonchev–Trinajstić information content (AvgIpc) is 2.26. The van der Waals surface area contributed by atoms with Crippen LogP contribution in [0.15, 0.2) is 12.1 Å². The van der Waals surface area contributed by atoms with E-state index in [2.05, 4.69) is 10.3 Å². The summed E-state index contributed by atoms with van der Waals surface area (Å²) in [5.74, 6) is 0.273. The standard InChI is InChI=1S/C11H18N4O3/c1-3-6-11(2,16)7-13-9-5-4-8(15(17)18)10(12)14-9/h4-5,16H,3,6-7H2,1-2H3,(H3,12,13,14).